The van der Waals surface area contributed by atoms with Crippen LogP contribution in [0.5, 0.6) is 0 Å². The van der Waals surface area contributed by atoms with E-state index in [-0.39, 0.29) is 18.9 Å². The van der Waals surface area contributed by atoms with E-state index in [2.05, 4.69) is 14.9 Å². The van der Waals surface area contributed by atoms with Gasteiger partial charge in [0.2, 0.25) is 5.69 Å². The molecular weight excluding hydrogens is 208 g/mol. The molecule has 1 rings (SSSR count). The van der Waals surface area contributed by atoms with Gasteiger partial charge in [-0.25, -0.2) is 9.42 Å². The summed E-state index contributed by atoms with van der Waals surface area (Å²) in [5.74, 6) is -0.130. The summed E-state index contributed by atoms with van der Waals surface area (Å²) >= 11 is 1.19. The van der Waals surface area contributed by atoms with E-state index in [4.69, 9.17) is 9.84 Å². The highest BCUT2D eigenvalue weighted by Gasteiger charge is 2.19. The number of carbonyl (C=O) groups excluding carboxylic acids is 1. The minimum atomic E-state index is -0.561. The number of rotatable bonds is 5. The second kappa shape index (κ2) is 5.61. The van der Waals surface area contributed by atoms with E-state index >= 15 is 0 Å². The lowest BCUT2D eigenvalue weighted by Gasteiger charge is -1.97. The van der Waals surface area contributed by atoms with Crippen LogP contribution in [0.3, 0.4) is 0 Å². The number of ether oxygens (including phenoxy) is 1. The van der Waals surface area contributed by atoms with Gasteiger partial charge in [0, 0.05) is 5.75 Å². The molecule has 0 atom stereocenters. The lowest BCUT2D eigenvalue weighted by atomic mass is 10.5. The highest BCUT2D eigenvalue weighted by molar-refractivity contribution is 7.99. The zero-order chi connectivity index (χ0) is 10.4. The van der Waals surface area contributed by atoms with Crippen LogP contribution in [0.4, 0.5) is 0 Å². The molecule has 0 unspecified atom stereocenters. The summed E-state index contributed by atoms with van der Waals surface area (Å²) in [5.41, 5.74) is 0.0605. The number of aliphatic hydroxyl groups is 1. The van der Waals surface area contributed by atoms with E-state index < -0.39 is 5.97 Å². The molecule has 1 N–H and O–H groups in total. The van der Waals surface area contributed by atoms with Gasteiger partial charge in [0.15, 0.2) is 5.03 Å². The number of hydrogen-bond acceptors (Lipinski definition) is 7. The van der Waals surface area contributed by atoms with Gasteiger partial charge in [0.25, 0.3) is 0 Å². The first-order chi connectivity index (χ1) is 6.79. The summed E-state index contributed by atoms with van der Waals surface area (Å²) in [6, 6.07) is 0. The van der Waals surface area contributed by atoms with Crippen molar-refractivity contribution in [2.24, 2.45) is 0 Å². The Kier molecular flexibility index (Phi) is 4.41. The number of aliphatic hydroxyl groups excluding tert-OH is 1. The van der Waals surface area contributed by atoms with Gasteiger partial charge in [-0.15, -0.1) is 0 Å². The summed E-state index contributed by atoms with van der Waals surface area (Å²) in [6.07, 6.45) is 0. The van der Waals surface area contributed by atoms with Crippen molar-refractivity contribution in [2.45, 2.75) is 11.9 Å². The van der Waals surface area contributed by atoms with Crippen LogP contribution in [0.1, 0.15) is 17.4 Å². The SMILES string of the molecule is CCOC(=O)c1nonc1SCCO. The third-order valence-corrected chi connectivity index (χ3v) is 2.19. The maximum absolute atomic E-state index is 11.2. The smallest absolute Gasteiger partial charge is 0.363 e. The molecule has 0 saturated carbocycles. The number of carbonyl (C=O) groups is 1. The number of thioether (sulfide) groups is 1. The van der Waals surface area contributed by atoms with Crippen molar-refractivity contribution in [1.82, 2.24) is 10.3 Å². The minimum Gasteiger partial charge on any atom is -0.461 e. The monoisotopic (exact) mass is 218 g/mol. The predicted molar refractivity (Wildman–Crippen MR) is 48.1 cm³/mol. The van der Waals surface area contributed by atoms with E-state index in [1.54, 1.807) is 6.92 Å². The Labute approximate surface area is 84.6 Å². The van der Waals surface area contributed by atoms with Gasteiger partial charge in [-0.2, -0.15) is 0 Å². The standard InChI is InChI=1S/C7H10N2O4S/c1-2-12-7(11)5-6(9-13-8-5)14-4-3-10/h10H,2-4H2,1H3. The first-order valence-corrected chi connectivity index (χ1v) is 5.01. The Hall–Kier alpha value is -1.08. The highest BCUT2D eigenvalue weighted by Crippen LogP contribution is 2.18. The summed E-state index contributed by atoms with van der Waals surface area (Å²) in [6.45, 7) is 1.97. The first-order valence-electron chi connectivity index (χ1n) is 4.03. The van der Waals surface area contributed by atoms with Gasteiger partial charge in [0.1, 0.15) is 0 Å². The Morgan fingerprint density at radius 1 is 1.64 bits per heavy atom. The van der Waals surface area contributed by atoms with Gasteiger partial charge < -0.3 is 9.84 Å². The molecule has 0 radical (unpaired) electrons. The molecule has 0 aliphatic rings. The Morgan fingerprint density at radius 2 is 2.43 bits per heavy atom. The summed E-state index contributed by atoms with van der Waals surface area (Å²) in [7, 11) is 0. The Morgan fingerprint density at radius 3 is 3.07 bits per heavy atom. The molecule has 0 aliphatic heterocycles. The van der Waals surface area contributed by atoms with Crippen LogP contribution in [0.25, 0.3) is 0 Å². The molecule has 0 bridgehead atoms. The molecule has 0 amide bonds. The van der Waals surface area contributed by atoms with Gasteiger partial charge in [-0.1, -0.05) is 11.8 Å². The van der Waals surface area contributed by atoms with Crippen molar-refractivity contribution < 1.29 is 19.3 Å². The summed E-state index contributed by atoms with van der Waals surface area (Å²) < 4.78 is 9.14. The van der Waals surface area contributed by atoms with Crippen LogP contribution in [-0.2, 0) is 4.74 Å². The molecule has 7 heteroatoms. The molecule has 1 aromatic heterocycles. The first kappa shape index (κ1) is 11.0. The molecule has 14 heavy (non-hydrogen) atoms. The molecule has 0 spiro atoms. The molecule has 0 aliphatic carbocycles. The quantitative estimate of drug-likeness (QED) is 0.563. The molecule has 1 aromatic rings. The van der Waals surface area contributed by atoms with Gasteiger partial charge in [-0.3, -0.25) is 0 Å². The molecule has 0 fully saturated rings. The minimum absolute atomic E-state index is 0.000206. The third-order valence-electron chi connectivity index (χ3n) is 1.26. The summed E-state index contributed by atoms with van der Waals surface area (Å²) in [4.78, 5) is 11.2. The van der Waals surface area contributed by atoms with Crippen molar-refractivity contribution in [3.63, 3.8) is 0 Å². The van der Waals surface area contributed by atoms with Crippen LogP contribution in [0.15, 0.2) is 9.65 Å². The number of aromatic nitrogens is 2. The molecule has 6 nitrogen and oxygen atoms in total. The third kappa shape index (κ3) is 2.71. The van der Waals surface area contributed by atoms with E-state index in [1.165, 1.54) is 11.8 Å². The van der Waals surface area contributed by atoms with Crippen LogP contribution < -0.4 is 0 Å². The zero-order valence-corrected chi connectivity index (χ0v) is 8.41. The average Bonchev–Trinajstić information content (AvgIpc) is 2.63. The van der Waals surface area contributed by atoms with E-state index in [0.29, 0.717) is 10.8 Å². The van der Waals surface area contributed by atoms with Crippen molar-refractivity contribution in [2.75, 3.05) is 19.0 Å². The lowest BCUT2D eigenvalue weighted by molar-refractivity contribution is 0.0511. The fraction of sp³-hybridized carbons (Fsp3) is 0.571. The topological polar surface area (TPSA) is 85.5 Å². The predicted octanol–water partition coefficient (Wildman–Crippen LogP) is 0.331. The van der Waals surface area contributed by atoms with E-state index in [0.717, 1.165) is 0 Å². The van der Waals surface area contributed by atoms with Crippen LogP contribution >= 0.6 is 11.8 Å². The number of hydrogen-bond donors (Lipinski definition) is 1. The van der Waals surface area contributed by atoms with Crippen molar-refractivity contribution in [3.05, 3.63) is 5.69 Å². The molecule has 78 valence electrons. The zero-order valence-electron chi connectivity index (χ0n) is 7.60. The lowest BCUT2D eigenvalue weighted by Crippen LogP contribution is -2.06. The average molecular weight is 218 g/mol. The normalized spacial score (nSPS) is 10.1. The largest absolute Gasteiger partial charge is 0.461 e. The van der Waals surface area contributed by atoms with Gasteiger partial charge in [0.05, 0.1) is 13.2 Å². The molecule has 1 heterocycles. The van der Waals surface area contributed by atoms with Crippen LogP contribution in [0.2, 0.25) is 0 Å². The molecular formula is C7H10N2O4S. The number of nitrogens with zero attached hydrogens (tertiary/aromatic N) is 2. The highest BCUT2D eigenvalue weighted by atomic mass is 32.2. The maximum Gasteiger partial charge on any atom is 0.363 e. The van der Waals surface area contributed by atoms with E-state index in [9.17, 15) is 4.79 Å². The van der Waals surface area contributed by atoms with Crippen molar-refractivity contribution >= 4 is 17.7 Å². The van der Waals surface area contributed by atoms with Gasteiger partial charge >= 0.3 is 5.97 Å². The van der Waals surface area contributed by atoms with Gasteiger partial charge in [-0.05, 0) is 17.2 Å². The Balaban J connectivity index is 2.66. The fourth-order valence-electron chi connectivity index (χ4n) is 0.742. The van der Waals surface area contributed by atoms with E-state index in [1.807, 2.05) is 0 Å². The fourth-order valence-corrected chi connectivity index (χ4v) is 1.37. The number of esters is 1. The van der Waals surface area contributed by atoms with Crippen LogP contribution in [0, 0.1) is 0 Å². The maximum atomic E-state index is 11.2. The molecule has 0 aromatic carbocycles. The second-order valence-corrected chi connectivity index (χ2v) is 3.29. The second-order valence-electron chi connectivity index (χ2n) is 2.21. The molecule has 0 saturated heterocycles. The van der Waals surface area contributed by atoms with Crippen molar-refractivity contribution in [3.8, 4) is 0 Å². The van der Waals surface area contributed by atoms with Crippen LogP contribution in [-0.4, -0.2) is 40.4 Å². The van der Waals surface area contributed by atoms with Crippen molar-refractivity contribution in [1.29, 1.82) is 0 Å². The Bertz CT molecular complexity index is 302. The summed E-state index contributed by atoms with van der Waals surface area (Å²) in [5, 5.41) is 15.9.